The molecule has 25 heavy (non-hydrogen) atoms. The number of benzene rings is 1. The molecule has 2 aliphatic heterocycles. The van der Waals surface area contributed by atoms with E-state index in [1.165, 1.54) is 10.5 Å². The summed E-state index contributed by atoms with van der Waals surface area (Å²) in [7, 11) is 0.345. The van der Waals surface area contributed by atoms with Crippen LogP contribution in [0, 0.1) is 0 Å². The Hall–Kier alpha value is -1.60. The number of amides is 2. The molecular weight excluding hydrogens is 338 g/mol. The maximum absolute atomic E-state index is 12.4. The molecule has 0 spiro atoms. The van der Waals surface area contributed by atoms with Crippen LogP contribution in [0.2, 0.25) is 0 Å². The van der Waals surface area contributed by atoms with E-state index < -0.39 is 9.84 Å². The lowest BCUT2D eigenvalue weighted by Gasteiger charge is -2.44. The van der Waals surface area contributed by atoms with Crippen molar-refractivity contribution in [3.8, 4) is 0 Å². The van der Waals surface area contributed by atoms with Crippen LogP contribution in [0.1, 0.15) is 12.0 Å². The van der Waals surface area contributed by atoms with E-state index in [1.807, 2.05) is 18.2 Å². The van der Waals surface area contributed by atoms with Gasteiger partial charge in [-0.3, -0.25) is 4.90 Å². The highest BCUT2D eigenvalue weighted by Gasteiger charge is 2.48. The Labute approximate surface area is 150 Å². The molecule has 2 saturated heterocycles. The van der Waals surface area contributed by atoms with E-state index in [-0.39, 0.29) is 29.6 Å². The molecule has 0 unspecified atom stereocenters. The molecule has 0 aromatic heterocycles. The third-order valence-corrected chi connectivity index (χ3v) is 6.87. The number of rotatable bonds is 4. The molecule has 2 amide bonds. The van der Waals surface area contributed by atoms with Crippen molar-refractivity contribution in [1.82, 2.24) is 14.7 Å². The average Bonchev–Trinajstić information content (AvgIpc) is 2.90. The number of sulfone groups is 1. The third kappa shape index (κ3) is 4.15. The van der Waals surface area contributed by atoms with Crippen LogP contribution < -0.4 is 0 Å². The fourth-order valence-corrected chi connectivity index (χ4v) is 5.94. The summed E-state index contributed by atoms with van der Waals surface area (Å²) in [4.78, 5) is 18.0. The van der Waals surface area contributed by atoms with Gasteiger partial charge in [0.1, 0.15) is 0 Å². The first-order valence-corrected chi connectivity index (χ1v) is 10.7. The molecule has 7 heteroatoms. The summed E-state index contributed by atoms with van der Waals surface area (Å²) in [6, 6.07) is 9.96. The number of nitrogens with zero attached hydrogens (tertiary/aromatic N) is 3. The first-order chi connectivity index (χ1) is 11.9. The first kappa shape index (κ1) is 18.2. The Kier molecular flexibility index (Phi) is 5.34. The Morgan fingerprint density at radius 2 is 1.80 bits per heavy atom. The van der Waals surface area contributed by atoms with Crippen LogP contribution in [-0.4, -0.2) is 86.5 Å². The lowest BCUT2D eigenvalue weighted by molar-refractivity contribution is 0.0560. The fourth-order valence-electron chi connectivity index (χ4n) is 3.93. The normalized spacial score (nSPS) is 25.6. The third-order valence-electron chi connectivity index (χ3n) is 5.17. The van der Waals surface area contributed by atoms with E-state index in [2.05, 4.69) is 17.0 Å². The molecule has 0 N–H and O–H groups in total. The van der Waals surface area contributed by atoms with Crippen molar-refractivity contribution in [2.24, 2.45) is 0 Å². The molecule has 0 aliphatic carbocycles. The standard InChI is InChI=1S/C18H27N3O3S/c1-19(2)18(22)21-12-11-20(16-13-25(23,24)14-17(16)21)10-6-9-15-7-4-3-5-8-15/h3-5,7-8,16-17H,6,9-14H2,1-2H3/t16-,17+/m0/s1. The van der Waals surface area contributed by atoms with Crippen molar-refractivity contribution >= 4 is 15.9 Å². The number of hydrogen-bond donors (Lipinski definition) is 0. The molecule has 6 nitrogen and oxygen atoms in total. The number of urea groups is 1. The van der Waals surface area contributed by atoms with E-state index in [9.17, 15) is 13.2 Å². The zero-order valence-electron chi connectivity index (χ0n) is 15.0. The van der Waals surface area contributed by atoms with Crippen LogP contribution in [0.15, 0.2) is 30.3 Å². The van der Waals surface area contributed by atoms with Crippen molar-refractivity contribution in [2.45, 2.75) is 24.9 Å². The minimum atomic E-state index is -3.09. The Bertz CT molecular complexity index is 706. The predicted octanol–water partition coefficient (Wildman–Crippen LogP) is 1.08. The molecule has 0 radical (unpaired) electrons. The Morgan fingerprint density at radius 3 is 2.48 bits per heavy atom. The van der Waals surface area contributed by atoms with Gasteiger partial charge in [0.05, 0.1) is 17.5 Å². The minimum Gasteiger partial charge on any atom is -0.331 e. The van der Waals surface area contributed by atoms with Crippen LogP contribution in [0.3, 0.4) is 0 Å². The summed E-state index contributed by atoms with van der Waals surface area (Å²) in [5.74, 6) is 0.257. The lowest BCUT2D eigenvalue weighted by Crippen LogP contribution is -2.62. The molecule has 138 valence electrons. The van der Waals surface area contributed by atoms with E-state index in [1.54, 1.807) is 19.0 Å². The SMILES string of the molecule is CN(C)C(=O)N1CCN(CCCc2ccccc2)[C@H]2CS(=O)(=O)C[C@H]21. The Morgan fingerprint density at radius 1 is 1.12 bits per heavy atom. The van der Waals surface area contributed by atoms with Crippen molar-refractivity contribution in [1.29, 1.82) is 0 Å². The highest BCUT2D eigenvalue weighted by atomic mass is 32.2. The molecule has 3 rings (SSSR count). The zero-order chi connectivity index (χ0) is 18.0. The van der Waals surface area contributed by atoms with E-state index in [0.29, 0.717) is 6.54 Å². The molecular formula is C18H27N3O3S. The summed E-state index contributed by atoms with van der Waals surface area (Å²) in [5, 5.41) is 0. The molecule has 1 aromatic carbocycles. The van der Waals surface area contributed by atoms with Gasteiger partial charge >= 0.3 is 6.03 Å². The van der Waals surface area contributed by atoms with Gasteiger partial charge in [-0.15, -0.1) is 0 Å². The second-order valence-corrected chi connectivity index (χ2v) is 9.36. The summed E-state index contributed by atoms with van der Waals surface area (Å²) in [6.45, 7) is 2.21. The second-order valence-electron chi connectivity index (χ2n) is 7.21. The van der Waals surface area contributed by atoms with Gasteiger partial charge in [-0.25, -0.2) is 13.2 Å². The fraction of sp³-hybridized carbons (Fsp3) is 0.611. The smallest absolute Gasteiger partial charge is 0.319 e. The van der Waals surface area contributed by atoms with E-state index in [0.717, 1.165) is 25.9 Å². The zero-order valence-corrected chi connectivity index (χ0v) is 15.8. The molecule has 0 bridgehead atoms. The topological polar surface area (TPSA) is 60.9 Å². The van der Waals surface area contributed by atoms with Crippen LogP contribution in [-0.2, 0) is 16.3 Å². The lowest BCUT2D eigenvalue weighted by atomic mass is 10.0. The van der Waals surface area contributed by atoms with Gasteiger partial charge in [0.15, 0.2) is 9.84 Å². The van der Waals surface area contributed by atoms with Crippen LogP contribution in [0.5, 0.6) is 0 Å². The van der Waals surface area contributed by atoms with Gasteiger partial charge in [-0.1, -0.05) is 30.3 Å². The second kappa shape index (κ2) is 7.33. The minimum absolute atomic E-state index is 0.0709. The summed E-state index contributed by atoms with van der Waals surface area (Å²) in [6.07, 6.45) is 1.98. The summed E-state index contributed by atoms with van der Waals surface area (Å²) in [5.41, 5.74) is 1.31. The molecule has 2 atom stereocenters. The van der Waals surface area contributed by atoms with E-state index >= 15 is 0 Å². The van der Waals surface area contributed by atoms with Gasteiger partial charge in [0.25, 0.3) is 0 Å². The number of piperazine rings is 1. The van der Waals surface area contributed by atoms with Gasteiger partial charge < -0.3 is 9.80 Å². The van der Waals surface area contributed by atoms with Crippen LogP contribution in [0.4, 0.5) is 4.79 Å². The number of carbonyl (C=O) groups excluding carboxylic acids is 1. The quantitative estimate of drug-likeness (QED) is 0.801. The number of hydrogen-bond acceptors (Lipinski definition) is 4. The van der Waals surface area contributed by atoms with Gasteiger partial charge in [-0.2, -0.15) is 0 Å². The average molecular weight is 365 g/mol. The van der Waals surface area contributed by atoms with Crippen LogP contribution in [0.25, 0.3) is 0 Å². The number of aryl methyl sites for hydroxylation is 1. The molecule has 2 heterocycles. The monoisotopic (exact) mass is 365 g/mol. The highest BCUT2D eigenvalue weighted by molar-refractivity contribution is 7.91. The Balaban J connectivity index is 1.65. The predicted molar refractivity (Wildman–Crippen MR) is 98.4 cm³/mol. The number of fused-ring (bicyclic) bond motifs is 1. The number of carbonyl (C=O) groups is 1. The summed E-state index contributed by atoms with van der Waals surface area (Å²) >= 11 is 0. The maximum Gasteiger partial charge on any atom is 0.319 e. The molecule has 0 saturated carbocycles. The van der Waals surface area contributed by atoms with Crippen molar-refractivity contribution in [3.05, 3.63) is 35.9 Å². The van der Waals surface area contributed by atoms with Crippen molar-refractivity contribution in [3.63, 3.8) is 0 Å². The van der Waals surface area contributed by atoms with E-state index in [4.69, 9.17) is 0 Å². The van der Waals surface area contributed by atoms with Crippen LogP contribution >= 0.6 is 0 Å². The highest BCUT2D eigenvalue weighted by Crippen LogP contribution is 2.27. The molecule has 2 fully saturated rings. The maximum atomic E-state index is 12.4. The van der Waals surface area contributed by atoms with Crippen molar-refractivity contribution < 1.29 is 13.2 Å². The van der Waals surface area contributed by atoms with Gasteiger partial charge in [0, 0.05) is 33.2 Å². The van der Waals surface area contributed by atoms with Crippen molar-refractivity contribution in [2.75, 3.05) is 45.2 Å². The molecule has 1 aromatic rings. The summed E-state index contributed by atoms with van der Waals surface area (Å²) < 4.78 is 24.4. The molecule has 2 aliphatic rings. The van der Waals surface area contributed by atoms with Gasteiger partial charge in [0.2, 0.25) is 0 Å². The first-order valence-electron chi connectivity index (χ1n) is 8.84. The largest absolute Gasteiger partial charge is 0.331 e. The van der Waals surface area contributed by atoms with Gasteiger partial charge in [-0.05, 0) is 24.9 Å².